The number of carbonyl (C=O) groups is 1. The van der Waals surface area contributed by atoms with Gasteiger partial charge in [0.25, 0.3) is 5.91 Å². The molecule has 3 rings (SSSR count). The molecular formula is C21H24ClN5O2. The summed E-state index contributed by atoms with van der Waals surface area (Å²) in [5.74, 6) is 0.651. The van der Waals surface area contributed by atoms with Crippen LogP contribution in [0.5, 0.6) is 5.75 Å². The molecule has 0 saturated carbocycles. The Bertz CT molecular complexity index is 968. The summed E-state index contributed by atoms with van der Waals surface area (Å²) in [5, 5.41) is 7.57. The van der Waals surface area contributed by atoms with Crippen LogP contribution in [-0.4, -0.2) is 33.3 Å². The van der Waals surface area contributed by atoms with E-state index in [4.69, 9.17) is 22.1 Å². The number of hydrogen-bond donors (Lipinski definition) is 2. The van der Waals surface area contributed by atoms with E-state index in [0.29, 0.717) is 34.3 Å². The highest BCUT2D eigenvalue weighted by Crippen LogP contribution is 2.36. The number of benzene rings is 1. The topological polar surface area (TPSA) is 95.1 Å². The van der Waals surface area contributed by atoms with Crippen LogP contribution in [0.2, 0.25) is 5.02 Å². The fourth-order valence-electron chi connectivity index (χ4n) is 2.71. The first kappa shape index (κ1) is 20.8. The molecule has 0 aliphatic heterocycles. The lowest BCUT2D eigenvalue weighted by Crippen LogP contribution is -2.33. The van der Waals surface area contributed by atoms with Gasteiger partial charge < -0.3 is 15.8 Å². The van der Waals surface area contributed by atoms with Crippen LogP contribution >= 0.6 is 11.6 Å². The molecule has 1 aromatic carbocycles. The first-order valence-corrected chi connectivity index (χ1v) is 9.66. The zero-order chi connectivity index (χ0) is 21.0. The molecule has 7 nitrogen and oxygen atoms in total. The SMILES string of the molecule is CC(C)C(N)COc1ccc(NC(=O)c2cccnc2)cc1-c1c(Cl)cnn1C. The van der Waals surface area contributed by atoms with Crippen molar-refractivity contribution in [1.82, 2.24) is 14.8 Å². The van der Waals surface area contributed by atoms with E-state index in [9.17, 15) is 4.79 Å². The average molecular weight is 414 g/mol. The van der Waals surface area contributed by atoms with Gasteiger partial charge in [-0.05, 0) is 36.2 Å². The third-order valence-corrected chi connectivity index (χ3v) is 4.87. The van der Waals surface area contributed by atoms with Gasteiger partial charge in [0.15, 0.2) is 0 Å². The highest BCUT2D eigenvalue weighted by molar-refractivity contribution is 6.33. The molecule has 1 atom stereocenters. The summed E-state index contributed by atoms with van der Waals surface area (Å²) < 4.78 is 7.66. The maximum absolute atomic E-state index is 12.5. The third-order valence-electron chi connectivity index (χ3n) is 4.60. The number of pyridine rings is 1. The molecule has 0 radical (unpaired) electrons. The number of nitrogens with one attached hydrogen (secondary N) is 1. The summed E-state index contributed by atoms with van der Waals surface area (Å²) in [6.07, 6.45) is 4.70. The van der Waals surface area contributed by atoms with E-state index in [1.54, 1.807) is 48.4 Å². The van der Waals surface area contributed by atoms with Gasteiger partial charge in [-0.25, -0.2) is 0 Å². The number of aryl methyl sites for hydroxylation is 1. The van der Waals surface area contributed by atoms with Gasteiger partial charge >= 0.3 is 0 Å². The first-order chi connectivity index (χ1) is 13.9. The van der Waals surface area contributed by atoms with Crippen molar-refractivity contribution in [3.8, 4) is 17.0 Å². The van der Waals surface area contributed by atoms with Crippen LogP contribution in [0.4, 0.5) is 5.69 Å². The van der Waals surface area contributed by atoms with E-state index in [-0.39, 0.29) is 17.9 Å². The molecule has 2 heterocycles. The largest absolute Gasteiger partial charge is 0.491 e. The minimum atomic E-state index is -0.254. The highest BCUT2D eigenvalue weighted by Gasteiger charge is 2.18. The summed E-state index contributed by atoms with van der Waals surface area (Å²) in [5.41, 5.74) is 8.60. The lowest BCUT2D eigenvalue weighted by molar-refractivity contribution is 0.102. The Morgan fingerprint density at radius 2 is 2.10 bits per heavy atom. The van der Waals surface area contributed by atoms with Crippen molar-refractivity contribution in [1.29, 1.82) is 0 Å². The van der Waals surface area contributed by atoms with Crippen LogP contribution in [0.1, 0.15) is 24.2 Å². The van der Waals surface area contributed by atoms with E-state index in [2.05, 4.69) is 15.4 Å². The van der Waals surface area contributed by atoms with E-state index >= 15 is 0 Å². The summed E-state index contributed by atoms with van der Waals surface area (Å²) in [4.78, 5) is 16.5. The number of halogens is 1. The van der Waals surface area contributed by atoms with Crippen molar-refractivity contribution < 1.29 is 9.53 Å². The number of amides is 1. The quantitative estimate of drug-likeness (QED) is 0.615. The molecule has 1 amide bonds. The average Bonchev–Trinajstić information content (AvgIpc) is 3.05. The number of nitrogens with two attached hydrogens (primary N) is 1. The van der Waals surface area contributed by atoms with Gasteiger partial charge in [-0.2, -0.15) is 5.10 Å². The second kappa shape index (κ2) is 9.07. The number of rotatable bonds is 7. The van der Waals surface area contributed by atoms with Crippen LogP contribution in [0, 0.1) is 5.92 Å². The summed E-state index contributed by atoms with van der Waals surface area (Å²) in [6, 6.07) is 8.70. The number of aromatic nitrogens is 3. The van der Waals surface area contributed by atoms with Gasteiger partial charge in [0.1, 0.15) is 12.4 Å². The van der Waals surface area contributed by atoms with Crippen molar-refractivity contribution >= 4 is 23.2 Å². The van der Waals surface area contributed by atoms with E-state index in [0.717, 1.165) is 5.56 Å². The molecule has 3 N–H and O–H groups in total. The molecule has 2 aromatic heterocycles. The molecule has 0 bridgehead atoms. The van der Waals surface area contributed by atoms with Gasteiger partial charge in [0, 0.05) is 36.7 Å². The van der Waals surface area contributed by atoms with Crippen molar-refractivity contribution in [2.75, 3.05) is 11.9 Å². The Morgan fingerprint density at radius 3 is 2.72 bits per heavy atom. The van der Waals surface area contributed by atoms with Crippen LogP contribution < -0.4 is 15.8 Å². The maximum Gasteiger partial charge on any atom is 0.257 e. The summed E-state index contributed by atoms with van der Waals surface area (Å²) in [6.45, 7) is 4.45. The number of ether oxygens (including phenoxy) is 1. The molecule has 0 spiro atoms. The Balaban J connectivity index is 1.92. The summed E-state index contributed by atoms with van der Waals surface area (Å²) >= 11 is 6.36. The molecule has 0 aliphatic rings. The number of nitrogens with zero attached hydrogens (tertiary/aromatic N) is 3. The Labute approximate surface area is 174 Å². The van der Waals surface area contributed by atoms with Crippen molar-refractivity contribution in [2.45, 2.75) is 19.9 Å². The smallest absolute Gasteiger partial charge is 0.257 e. The van der Waals surface area contributed by atoms with Crippen LogP contribution in [0.15, 0.2) is 48.9 Å². The standard InChI is InChI=1S/C21H24ClN5O2/c1-13(2)18(23)12-29-19-7-6-15(26-21(28)14-5-4-8-24-10-14)9-16(19)20-17(22)11-25-27(20)3/h4-11,13,18H,12,23H2,1-3H3,(H,26,28). The van der Waals surface area contributed by atoms with Gasteiger partial charge in [-0.15, -0.1) is 0 Å². The van der Waals surface area contributed by atoms with Crippen LogP contribution in [0.3, 0.4) is 0 Å². The highest BCUT2D eigenvalue weighted by atomic mass is 35.5. The van der Waals surface area contributed by atoms with Crippen LogP contribution in [-0.2, 0) is 7.05 Å². The minimum Gasteiger partial charge on any atom is -0.491 e. The molecule has 3 aromatic rings. The molecular weight excluding hydrogens is 390 g/mol. The zero-order valence-electron chi connectivity index (χ0n) is 16.6. The van der Waals surface area contributed by atoms with Crippen molar-refractivity contribution in [3.63, 3.8) is 0 Å². The lowest BCUT2D eigenvalue weighted by atomic mass is 10.1. The first-order valence-electron chi connectivity index (χ1n) is 9.28. The number of carbonyl (C=O) groups excluding carboxylic acids is 1. The van der Waals surface area contributed by atoms with Crippen molar-refractivity contribution in [3.05, 3.63) is 59.5 Å². The fourth-order valence-corrected chi connectivity index (χ4v) is 2.98. The molecule has 0 saturated heterocycles. The van der Waals surface area contributed by atoms with E-state index < -0.39 is 0 Å². The molecule has 29 heavy (non-hydrogen) atoms. The van der Waals surface area contributed by atoms with Crippen molar-refractivity contribution in [2.24, 2.45) is 18.7 Å². The third kappa shape index (κ3) is 4.93. The Hall–Kier alpha value is -2.90. The van der Waals surface area contributed by atoms with E-state index in [1.807, 2.05) is 19.9 Å². The molecule has 8 heteroatoms. The molecule has 1 unspecified atom stereocenters. The zero-order valence-corrected chi connectivity index (χ0v) is 17.3. The second-order valence-corrected chi connectivity index (χ2v) is 7.50. The fraction of sp³-hybridized carbons (Fsp3) is 0.286. The van der Waals surface area contributed by atoms with E-state index in [1.165, 1.54) is 6.20 Å². The maximum atomic E-state index is 12.5. The molecule has 0 fully saturated rings. The normalized spacial score (nSPS) is 12.1. The Morgan fingerprint density at radius 1 is 1.31 bits per heavy atom. The molecule has 0 aliphatic carbocycles. The number of anilines is 1. The predicted molar refractivity (Wildman–Crippen MR) is 114 cm³/mol. The van der Waals surface area contributed by atoms with Gasteiger partial charge in [0.2, 0.25) is 0 Å². The molecule has 152 valence electrons. The lowest BCUT2D eigenvalue weighted by Gasteiger charge is -2.19. The number of hydrogen-bond acceptors (Lipinski definition) is 5. The van der Waals surface area contributed by atoms with Gasteiger partial charge in [-0.1, -0.05) is 25.4 Å². The van der Waals surface area contributed by atoms with Crippen LogP contribution in [0.25, 0.3) is 11.3 Å². The monoisotopic (exact) mass is 413 g/mol. The van der Waals surface area contributed by atoms with Gasteiger partial charge in [0.05, 0.1) is 22.5 Å². The second-order valence-electron chi connectivity index (χ2n) is 7.09. The summed E-state index contributed by atoms with van der Waals surface area (Å²) in [7, 11) is 1.80. The van der Waals surface area contributed by atoms with Gasteiger partial charge in [-0.3, -0.25) is 14.5 Å². The minimum absolute atomic E-state index is 0.102. The predicted octanol–water partition coefficient (Wildman–Crippen LogP) is 3.75. The Kier molecular flexibility index (Phi) is 6.51.